The standard InChI is InChI=1S/C17H17F17O2/c1-3-5-6-8(4-2)7-36-9(35)10(18,19)11(20,21)12(22,23)13(24,25)14(26,27)15(28,29)16(30,31)17(32,33)34/h8H,3-7H2,1-2H3. The molecule has 0 amide bonds. The highest BCUT2D eigenvalue weighted by molar-refractivity contribution is 5.79. The van der Waals surface area contributed by atoms with Gasteiger partial charge in [-0.1, -0.05) is 33.1 Å². The number of esters is 1. The van der Waals surface area contributed by atoms with Crippen LogP contribution in [0.2, 0.25) is 0 Å². The summed E-state index contributed by atoms with van der Waals surface area (Å²) in [5, 5.41) is 0. The predicted octanol–water partition coefficient (Wildman–Crippen LogP) is 7.76. The maximum Gasteiger partial charge on any atom is 0.460 e. The lowest BCUT2D eigenvalue weighted by molar-refractivity contribution is -0.460. The SMILES string of the molecule is CCCCC(CC)COC(=O)C(F)(F)C(F)(F)C(F)(F)C(F)(F)C(F)(F)C(F)(F)C(F)(F)C(F)(F)F. The number of halogens is 17. The fourth-order valence-corrected chi connectivity index (χ4v) is 2.47. The van der Waals surface area contributed by atoms with Gasteiger partial charge in [-0.2, -0.15) is 74.6 Å². The van der Waals surface area contributed by atoms with Gasteiger partial charge in [0.1, 0.15) is 0 Å². The molecule has 0 heterocycles. The molecule has 0 aromatic rings. The van der Waals surface area contributed by atoms with Crippen molar-refractivity contribution in [2.24, 2.45) is 5.92 Å². The fraction of sp³-hybridized carbons (Fsp3) is 0.941. The highest BCUT2D eigenvalue weighted by atomic mass is 19.4. The molecule has 1 unspecified atom stereocenters. The second kappa shape index (κ2) is 10.2. The van der Waals surface area contributed by atoms with Gasteiger partial charge < -0.3 is 4.74 Å². The van der Waals surface area contributed by atoms with E-state index in [1.807, 2.05) is 0 Å². The van der Waals surface area contributed by atoms with Crippen molar-refractivity contribution in [3.63, 3.8) is 0 Å². The minimum absolute atomic E-state index is 0.0121. The number of hydrogen-bond acceptors (Lipinski definition) is 2. The van der Waals surface area contributed by atoms with Crippen LogP contribution in [0.5, 0.6) is 0 Å². The lowest BCUT2D eigenvalue weighted by atomic mass is 9.89. The zero-order chi connectivity index (χ0) is 29.4. The van der Waals surface area contributed by atoms with E-state index in [2.05, 4.69) is 4.74 Å². The second-order valence-electron chi connectivity index (χ2n) is 7.53. The van der Waals surface area contributed by atoms with Crippen molar-refractivity contribution in [3.05, 3.63) is 0 Å². The fourth-order valence-electron chi connectivity index (χ4n) is 2.47. The monoisotopic (exact) mass is 576 g/mol. The van der Waals surface area contributed by atoms with E-state index >= 15 is 0 Å². The molecule has 0 aromatic carbocycles. The third-order valence-corrected chi connectivity index (χ3v) is 4.97. The smallest absolute Gasteiger partial charge is 0.460 e. The number of unbranched alkanes of at least 4 members (excludes halogenated alkanes) is 1. The lowest BCUT2D eigenvalue weighted by Gasteiger charge is -2.42. The third-order valence-electron chi connectivity index (χ3n) is 4.97. The molecule has 0 aromatic heterocycles. The Morgan fingerprint density at radius 3 is 1.31 bits per heavy atom. The van der Waals surface area contributed by atoms with Gasteiger partial charge in [-0.05, 0) is 12.3 Å². The van der Waals surface area contributed by atoms with Crippen LogP contribution in [0.4, 0.5) is 74.6 Å². The summed E-state index contributed by atoms with van der Waals surface area (Å²) < 4.78 is 227. The minimum atomic E-state index is -8.74. The summed E-state index contributed by atoms with van der Waals surface area (Å²) in [5.41, 5.74) is 0. The quantitative estimate of drug-likeness (QED) is 0.166. The lowest BCUT2D eigenvalue weighted by Crippen LogP contribution is -2.75. The molecule has 19 heteroatoms. The number of alkyl halides is 17. The van der Waals surface area contributed by atoms with Crippen molar-refractivity contribution >= 4 is 5.97 Å². The van der Waals surface area contributed by atoms with E-state index in [1.165, 1.54) is 6.92 Å². The van der Waals surface area contributed by atoms with Gasteiger partial charge in [-0.25, -0.2) is 4.79 Å². The molecular formula is C17H17F17O2. The highest BCUT2D eigenvalue weighted by Gasteiger charge is 2.95. The van der Waals surface area contributed by atoms with Gasteiger partial charge >= 0.3 is 53.6 Å². The first-order chi connectivity index (χ1) is 15.7. The van der Waals surface area contributed by atoms with Crippen LogP contribution >= 0.6 is 0 Å². The van der Waals surface area contributed by atoms with Crippen LogP contribution in [0.25, 0.3) is 0 Å². The molecule has 0 radical (unpaired) electrons. The summed E-state index contributed by atoms with van der Waals surface area (Å²) in [4.78, 5) is 11.3. The van der Waals surface area contributed by atoms with Crippen LogP contribution in [0, 0.1) is 5.92 Å². The Bertz CT molecular complexity index is 757. The second-order valence-corrected chi connectivity index (χ2v) is 7.53. The molecule has 0 aliphatic heterocycles. The van der Waals surface area contributed by atoms with E-state index in [1.54, 1.807) is 6.92 Å². The van der Waals surface area contributed by atoms with Gasteiger partial charge in [-0.3, -0.25) is 0 Å². The zero-order valence-electron chi connectivity index (χ0n) is 17.9. The Morgan fingerprint density at radius 2 is 0.972 bits per heavy atom. The van der Waals surface area contributed by atoms with Crippen molar-refractivity contribution in [1.29, 1.82) is 0 Å². The van der Waals surface area contributed by atoms with E-state index in [0.29, 0.717) is 12.8 Å². The normalized spacial score (nSPS) is 16.2. The van der Waals surface area contributed by atoms with Crippen molar-refractivity contribution < 1.29 is 84.2 Å². The molecule has 0 saturated heterocycles. The first kappa shape index (κ1) is 34.3. The summed E-state index contributed by atoms with van der Waals surface area (Å²) in [6, 6.07) is 0. The molecule has 0 aliphatic carbocycles. The van der Waals surface area contributed by atoms with E-state index in [0.717, 1.165) is 0 Å². The van der Waals surface area contributed by atoms with Crippen LogP contribution in [-0.4, -0.2) is 60.2 Å². The Hall–Kier alpha value is -1.72. The average Bonchev–Trinajstić information content (AvgIpc) is 2.71. The number of carbonyl (C=O) groups excluding carboxylic acids is 1. The predicted molar refractivity (Wildman–Crippen MR) is 84.9 cm³/mol. The molecule has 216 valence electrons. The molecule has 0 fully saturated rings. The molecule has 1 atom stereocenters. The van der Waals surface area contributed by atoms with E-state index in [-0.39, 0.29) is 12.8 Å². The van der Waals surface area contributed by atoms with Crippen molar-refractivity contribution in [1.82, 2.24) is 0 Å². The number of rotatable bonds is 13. The average molecular weight is 576 g/mol. The molecule has 0 N–H and O–H groups in total. The summed E-state index contributed by atoms with van der Waals surface area (Å²) in [6.45, 7) is 1.78. The Labute approximate surface area is 191 Å². The summed E-state index contributed by atoms with van der Waals surface area (Å²) in [6.07, 6.45) is -6.90. The molecule has 0 aliphatic rings. The largest absolute Gasteiger partial charge is 0.461 e. The molecular weight excluding hydrogens is 559 g/mol. The van der Waals surface area contributed by atoms with Gasteiger partial charge in [0.05, 0.1) is 6.61 Å². The van der Waals surface area contributed by atoms with Crippen molar-refractivity contribution in [2.75, 3.05) is 6.61 Å². The Kier molecular flexibility index (Phi) is 9.72. The maximum atomic E-state index is 13.7. The maximum absolute atomic E-state index is 13.7. The highest BCUT2D eigenvalue weighted by Crippen LogP contribution is 2.64. The molecule has 2 nitrogen and oxygen atoms in total. The van der Waals surface area contributed by atoms with Gasteiger partial charge in [0.15, 0.2) is 0 Å². The molecule has 0 saturated carbocycles. The van der Waals surface area contributed by atoms with Gasteiger partial charge in [0.25, 0.3) is 0 Å². The summed E-state index contributed by atoms with van der Waals surface area (Å²) in [5.74, 6) is -62.6. The van der Waals surface area contributed by atoms with E-state index in [9.17, 15) is 79.4 Å². The Morgan fingerprint density at radius 1 is 0.611 bits per heavy atom. The van der Waals surface area contributed by atoms with Crippen LogP contribution < -0.4 is 0 Å². The molecule has 0 spiro atoms. The summed E-state index contributed by atoms with van der Waals surface area (Å²) >= 11 is 0. The topological polar surface area (TPSA) is 26.3 Å². The van der Waals surface area contributed by atoms with E-state index < -0.39 is 66.1 Å². The van der Waals surface area contributed by atoms with E-state index in [4.69, 9.17) is 0 Å². The van der Waals surface area contributed by atoms with Crippen LogP contribution in [0.1, 0.15) is 39.5 Å². The number of ether oxygens (including phenoxy) is 1. The molecule has 0 rings (SSSR count). The Balaban J connectivity index is 6.39. The van der Waals surface area contributed by atoms with Crippen LogP contribution in [0.3, 0.4) is 0 Å². The zero-order valence-corrected chi connectivity index (χ0v) is 17.9. The van der Waals surface area contributed by atoms with Crippen molar-refractivity contribution in [3.8, 4) is 0 Å². The van der Waals surface area contributed by atoms with Gasteiger partial charge in [-0.15, -0.1) is 0 Å². The molecule has 36 heavy (non-hydrogen) atoms. The molecule has 0 bridgehead atoms. The van der Waals surface area contributed by atoms with Crippen LogP contribution in [0.15, 0.2) is 0 Å². The first-order valence-corrected chi connectivity index (χ1v) is 9.55. The van der Waals surface area contributed by atoms with Crippen molar-refractivity contribution in [2.45, 2.75) is 87.2 Å². The first-order valence-electron chi connectivity index (χ1n) is 9.55. The van der Waals surface area contributed by atoms with Crippen LogP contribution in [-0.2, 0) is 9.53 Å². The number of carbonyl (C=O) groups is 1. The minimum Gasteiger partial charge on any atom is -0.461 e. The van der Waals surface area contributed by atoms with Gasteiger partial charge in [0.2, 0.25) is 0 Å². The summed E-state index contributed by atoms with van der Waals surface area (Å²) in [7, 11) is 0. The van der Waals surface area contributed by atoms with Gasteiger partial charge in [0, 0.05) is 0 Å². The number of hydrogen-bond donors (Lipinski definition) is 0. The third kappa shape index (κ3) is 5.15.